The van der Waals surface area contributed by atoms with Gasteiger partial charge < -0.3 is 48.7 Å². The highest BCUT2D eigenvalue weighted by molar-refractivity contribution is 5.95. The zero-order chi connectivity index (χ0) is 27.4. The molecule has 0 aliphatic carbocycles. The van der Waals surface area contributed by atoms with Crippen LogP contribution < -0.4 is 33.6 Å². The number of nitrogens with two attached hydrogens (primary N) is 4. The Morgan fingerprint density at radius 1 is 0.972 bits per heavy atom. The number of amides is 4. The van der Waals surface area contributed by atoms with Crippen LogP contribution in [-0.2, 0) is 28.8 Å². The van der Waals surface area contributed by atoms with E-state index in [4.69, 9.17) is 28.0 Å². The van der Waals surface area contributed by atoms with Gasteiger partial charge in [0.05, 0.1) is 12.5 Å². The van der Waals surface area contributed by atoms with Gasteiger partial charge in [-0.15, -0.1) is 0 Å². The number of aliphatic imine (C=N–C) groups is 1. The Morgan fingerprint density at radius 3 is 2.17 bits per heavy atom. The third kappa shape index (κ3) is 10.1. The van der Waals surface area contributed by atoms with Gasteiger partial charge in [0.15, 0.2) is 5.96 Å². The Labute approximate surface area is 206 Å². The molecule has 1 aliphatic heterocycles. The van der Waals surface area contributed by atoms with Gasteiger partial charge in [0.25, 0.3) is 0 Å². The summed E-state index contributed by atoms with van der Waals surface area (Å²) < 4.78 is 0. The molecule has 0 radical (unpaired) electrons. The predicted octanol–water partition coefficient (Wildman–Crippen LogP) is -3.85. The molecular formula is C20H34N8O8. The van der Waals surface area contributed by atoms with Gasteiger partial charge in [-0.05, 0) is 32.1 Å². The van der Waals surface area contributed by atoms with Crippen molar-refractivity contribution >= 4 is 41.5 Å². The number of rotatable bonds is 15. The van der Waals surface area contributed by atoms with Gasteiger partial charge >= 0.3 is 11.9 Å². The van der Waals surface area contributed by atoms with Crippen molar-refractivity contribution in [1.82, 2.24) is 15.5 Å². The summed E-state index contributed by atoms with van der Waals surface area (Å²) in [4.78, 5) is 77.1. The number of carboxylic acid groups (broad SMARTS) is 2. The first kappa shape index (κ1) is 30.1. The average Bonchev–Trinajstić information content (AvgIpc) is 3.27. The fourth-order valence-corrected chi connectivity index (χ4v) is 3.65. The van der Waals surface area contributed by atoms with Gasteiger partial charge in [0.2, 0.25) is 23.6 Å². The van der Waals surface area contributed by atoms with E-state index in [-0.39, 0.29) is 44.7 Å². The molecule has 4 atom stereocenters. The maximum atomic E-state index is 13.2. The van der Waals surface area contributed by atoms with E-state index in [1.807, 2.05) is 0 Å². The minimum atomic E-state index is -1.41. The molecule has 1 aliphatic rings. The third-order valence-electron chi connectivity index (χ3n) is 5.42. The molecule has 4 unspecified atom stereocenters. The Balaban J connectivity index is 3.07. The Hall–Kier alpha value is -3.95. The summed E-state index contributed by atoms with van der Waals surface area (Å²) >= 11 is 0. The highest BCUT2D eigenvalue weighted by Crippen LogP contribution is 2.20. The average molecular weight is 515 g/mol. The van der Waals surface area contributed by atoms with Gasteiger partial charge in [0.1, 0.15) is 18.1 Å². The van der Waals surface area contributed by atoms with Crippen molar-refractivity contribution in [3.05, 3.63) is 0 Å². The largest absolute Gasteiger partial charge is 0.481 e. The third-order valence-corrected chi connectivity index (χ3v) is 5.42. The van der Waals surface area contributed by atoms with Gasteiger partial charge in [-0.3, -0.25) is 29.0 Å². The molecule has 1 rings (SSSR count). The monoisotopic (exact) mass is 514 g/mol. The standard InChI is InChI=1S/C20H34N8O8/c21-10(9-14(22)29)16(32)26-11(5-6-15(30)31)17(33)27-12(3-1-7-25-20(23)24)18(34)28-8-2-4-13(28)19(35)36/h10-13H,1-9,21H2,(H2,22,29)(H,26,32)(H,27,33)(H,30,31)(H,35,36)(H4,23,24,25). The van der Waals surface area contributed by atoms with Gasteiger partial charge in [-0.2, -0.15) is 0 Å². The molecule has 0 aromatic heterocycles. The van der Waals surface area contributed by atoms with Crippen molar-refractivity contribution in [2.75, 3.05) is 13.1 Å². The van der Waals surface area contributed by atoms with Crippen LogP contribution in [0.3, 0.4) is 0 Å². The molecule has 1 fully saturated rings. The molecule has 0 bridgehead atoms. The minimum Gasteiger partial charge on any atom is -0.481 e. The van der Waals surface area contributed by atoms with E-state index in [1.165, 1.54) is 0 Å². The zero-order valence-corrected chi connectivity index (χ0v) is 19.7. The number of carboxylic acids is 2. The lowest BCUT2D eigenvalue weighted by molar-refractivity contribution is -0.149. The molecule has 0 saturated carbocycles. The lowest BCUT2D eigenvalue weighted by atomic mass is 10.1. The first-order valence-electron chi connectivity index (χ1n) is 11.3. The van der Waals surface area contributed by atoms with Crippen LogP contribution in [-0.4, -0.2) is 93.9 Å². The number of likely N-dealkylation sites (tertiary alicyclic amines) is 1. The molecule has 0 aromatic rings. The van der Waals surface area contributed by atoms with Crippen molar-refractivity contribution in [3.8, 4) is 0 Å². The SMILES string of the molecule is NC(=O)CC(N)C(=O)NC(CCC(=O)O)C(=O)NC(CCCN=C(N)N)C(=O)N1CCCC1C(=O)O. The maximum absolute atomic E-state index is 13.2. The van der Waals surface area contributed by atoms with Gasteiger partial charge in [-0.25, -0.2) is 4.79 Å². The molecule has 36 heavy (non-hydrogen) atoms. The molecule has 0 spiro atoms. The van der Waals surface area contributed by atoms with E-state index >= 15 is 0 Å². The normalized spacial score (nSPS) is 17.4. The second kappa shape index (κ2) is 14.4. The van der Waals surface area contributed by atoms with E-state index in [0.29, 0.717) is 6.42 Å². The van der Waals surface area contributed by atoms with Crippen LogP contribution in [0.15, 0.2) is 4.99 Å². The molecule has 1 heterocycles. The summed E-state index contributed by atoms with van der Waals surface area (Å²) in [5.41, 5.74) is 21.2. The van der Waals surface area contributed by atoms with Crippen LogP contribution in [0.25, 0.3) is 0 Å². The number of aliphatic carboxylic acids is 2. The van der Waals surface area contributed by atoms with E-state index in [0.717, 1.165) is 4.90 Å². The summed E-state index contributed by atoms with van der Waals surface area (Å²) in [5, 5.41) is 23.2. The molecule has 202 valence electrons. The first-order chi connectivity index (χ1) is 16.8. The fourth-order valence-electron chi connectivity index (χ4n) is 3.65. The van der Waals surface area contributed by atoms with Crippen LogP contribution in [0.5, 0.6) is 0 Å². The quantitative estimate of drug-likeness (QED) is 0.0594. The number of hydrogen-bond donors (Lipinski definition) is 8. The van der Waals surface area contributed by atoms with Gasteiger partial charge in [-0.1, -0.05) is 0 Å². The number of carbonyl (C=O) groups excluding carboxylic acids is 4. The molecule has 0 aromatic carbocycles. The van der Waals surface area contributed by atoms with Gasteiger partial charge in [0, 0.05) is 19.5 Å². The first-order valence-corrected chi connectivity index (χ1v) is 11.3. The number of primary amides is 1. The lowest BCUT2D eigenvalue weighted by Gasteiger charge is -2.29. The summed E-state index contributed by atoms with van der Waals surface area (Å²) in [6.07, 6.45) is -0.346. The van der Waals surface area contributed by atoms with Crippen molar-refractivity contribution in [2.45, 2.75) is 69.1 Å². The van der Waals surface area contributed by atoms with E-state index in [1.54, 1.807) is 0 Å². The molecule has 1 saturated heterocycles. The van der Waals surface area contributed by atoms with Crippen LogP contribution in [0, 0.1) is 0 Å². The number of hydrogen-bond acceptors (Lipinski definition) is 8. The van der Waals surface area contributed by atoms with E-state index in [9.17, 15) is 33.9 Å². The second-order valence-corrected chi connectivity index (χ2v) is 8.31. The van der Waals surface area contributed by atoms with Crippen LogP contribution >= 0.6 is 0 Å². The maximum Gasteiger partial charge on any atom is 0.326 e. The van der Waals surface area contributed by atoms with Crippen molar-refractivity contribution in [1.29, 1.82) is 0 Å². The topological polar surface area (TPSA) is 287 Å². The lowest BCUT2D eigenvalue weighted by Crippen LogP contribution is -2.57. The molecule has 16 heteroatoms. The second-order valence-electron chi connectivity index (χ2n) is 8.31. The molecule has 16 nitrogen and oxygen atoms in total. The number of nitrogens with zero attached hydrogens (tertiary/aromatic N) is 2. The highest BCUT2D eigenvalue weighted by Gasteiger charge is 2.38. The summed E-state index contributed by atoms with van der Waals surface area (Å²) in [6.45, 7) is 0.308. The molecular weight excluding hydrogens is 480 g/mol. The van der Waals surface area contributed by atoms with Crippen LogP contribution in [0.1, 0.15) is 44.9 Å². The van der Waals surface area contributed by atoms with Crippen molar-refractivity contribution in [3.63, 3.8) is 0 Å². The van der Waals surface area contributed by atoms with Crippen LogP contribution in [0.4, 0.5) is 0 Å². The highest BCUT2D eigenvalue weighted by atomic mass is 16.4. The number of nitrogens with one attached hydrogen (secondary N) is 2. The Kier molecular flexibility index (Phi) is 12.1. The Bertz CT molecular complexity index is 876. The van der Waals surface area contributed by atoms with E-state index in [2.05, 4.69) is 15.6 Å². The minimum absolute atomic E-state index is 0.0327. The van der Waals surface area contributed by atoms with E-state index < -0.39 is 72.6 Å². The molecule has 4 amide bonds. The summed E-state index contributed by atoms with van der Waals surface area (Å²) in [6, 6.07) is -5.03. The zero-order valence-electron chi connectivity index (χ0n) is 19.7. The van der Waals surface area contributed by atoms with Crippen LogP contribution in [0.2, 0.25) is 0 Å². The van der Waals surface area contributed by atoms with Crippen molar-refractivity contribution in [2.24, 2.45) is 27.9 Å². The molecule has 12 N–H and O–H groups in total. The smallest absolute Gasteiger partial charge is 0.326 e. The number of carbonyl (C=O) groups is 6. The summed E-state index contributed by atoms with van der Waals surface area (Å²) in [5.74, 6) is -5.89. The van der Waals surface area contributed by atoms with Crippen molar-refractivity contribution < 1.29 is 39.0 Å². The fraction of sp³-hybridized carbons (Fsp3) is 0.650. The predicted molar refractivity (Wildman–Crippen MR) is 125 cm³/mol. The number of guanidine groups is 1. The summed E-state index contributed by atoms with van der Waals surface area (Å²) in [7, 11) is 0. The Morgan fingerprint density at radius 2 is 1.61 bits per heavy atom.